The van der Waals surface area contributed by atoms with Gasteiger partial charge >= 0.3 is 6.03 Å². The van der Waals surface area contributed by atoms with E-state index < -0.39 is 17.9 Å². The SMILES string of the molecule is NC(=O)NC(=O)C1c2ccccc2Oc2ccccc21. The van der Waals surface area contributed by atoms with Crippen LogP contribution >= 0.6 is 0 Å². The summed E-state index contributed by atoms with van der Waals surface area (Å²) < 4.78 is 5.77. The summed E-state index contributed by atoms with van der Waals surface area (Å²) in [6.45, 7) is 0. The molecule has 0 aliphatic carbocycles. The van der Waals surface area contributed by atoms with Crippen LogP contribution in [0.3, 0.4) is 0 Å². The van der Waals surface area contributed by atoms with Crippen molar-refractivity contribution in [1.82, 2.24) is 5.32 Å². The monoisotopic (exact) mass is 268 g/mol. The molecule has 3 rings (SSSR count). The van der Waals surface area contributed by atoms with E-state index in [0.717, 1.165) is 0 Å². The van der Waals surface area contributed by atoms with Gasteiger partial charge in [-0.1, -0.05) is 36.4 Å². The van der Waals surface area contributed by atoms with Gasteiger partial charge in [0.15, 0.2) is 0 Å². The van der Waals surface area contributed by atoms with Crippen LogP contribution in [0.4, 0.5) is 4.79 Å². The highest BCUT2D eigenvalue weighted by Crippen LogP contribution is 2.43. The van der Waals surface area contributed by atoms with Gasteiger partial charge in [0.1, 0.15) is 11.5 Å². The number of benzene rings is 2. The molecule has 1 aliphatic rings. The zero-order chi connectivity index (χ0) is 14.1. The number of nitrogens with two attached hydrogens (primary N) is 1. The minimum atomic E-state index is -0.864. The number of urea groups is 1. The number of rotatable bonds is 1. The number of hydrogen-bond acceptors (Lipinski definition) is 3. The van der Waals surface area contributed by atoms with Gasteiger partial charge < -0.3 is 10.5 Å². The largest absolute Gasteiger partial charge is 0.457 e. The third-order valence-corrected chi connectivity index (χ3v) is 3.19. The molecule has 0 unspecified atom stereocenters. The predicted molar refractivity (Wildman–Crippen MR) is 72.5 cm³/mol. The number of para-hydroxylation sites is 2. The first-order valence-electron chi connectivity index (χ1n) is 6.13. The number of primary amides is 1. The lowest BCUT2D eigenvalue weighted by molar-refractivity contribution is -0.120. The van der Waals surface area contributed by atoms with Crippen LogP contribution in [0.25, 0.3) is 0 Å². The summed E-state index contributed by atoms with van der Waals surface area (Å²) >= 11 is 0. The summed E-state index contributed by atoms with van der Waals surface area (Å²) in [5.74, 6) is 0.149. The second-order valence-corrected chi connectivity index (χ2v) is 4.46. The molecule has 5 nitrogen and oxygen atoms in total. The van der Waals surface area contributed by atoms with Crippen molar-refractivity contribution < 1.29 is 14.3 Å². The first kappa shape index (κ1) is 12.2. The quantitative estimate of drug-likeness (QED) is 0.831. The number of imide groups is 1. The molecule has 0 bridgehead atoms. The van der Waals surface area contributed by atoms with Crippen LogP contribution in [0.2, 0.25) is 0 Å². The normalized spacial score (nSPS) is 12.8. The zero-order valence-electron chi connectivity index (χ0n) is 10.5. The van der Waals surface area contributed by atoms with Gasteiger partial charge in [-0.15, -0.1) is 0 Å². The van der Waals surface area contributed by atoms with Crippen molar-refractivity contribution in [3.63, 3.8) is 0 Å². The van der Waals surface area contributed by atoms with Gasteiger partial charge in [-0.25, -0.2) is 4.79 Å². The van der Waals surface area contributed by atoms with E-state index in [4.69, 9.17) is 10.5 Å². The number of fused-ring (bicyclic) bond motifs is 2. The minimum Gasteiger partial charge on any atom is -0.457 e. The fraction of sp³-hybridized carbons (Fsp3) is 0.0667. The highest BCUT2D eigenvalue weighted by atomic mass is 16.5. The van der Waals surface area contributed by atoms with E-state index in [1.807, 2.05) is 24.3 Å². The van der Waals surface area contributed by atoms with Gasteiger partial charge in [0.05, 0.1) is 5.92 Å². The van der Waals surface area contributed by atoms with Crippen LogP contribution in [0.15, 0.2) is 48.5 Å². The van der Waals surface area contributed by atoms with Gasteiger partial charge in [-0.3, -0.25) is 10.1 Å². The lowest BCUT2D eigenvalue weighted by Crippen LogP contribution is -2.39. The van der Waals surface area contributed by atoms with Crippen molar-refractivity contribution in [2.24, 2.45) is 5.73 Å². The molecule has 1 heterocycles. The Balaban J connectivity index is 2.12. The molecule has 3 amide bonds. The summed E-state index contributed by atoms with van der Waals surface area (Å²) in [7, 11) is 0. The average Bonchev–Trinajstić information content (AvgIpc) is 2.43. The number of carbonyl (C=O) groups is 2. The summed E-state index contributed by atoms with van der Waals surface area (Å²) in [5.41, 5.74) is 6.46. The number of hydrogen-bond donors (Lipinski definition) is 2. The highest BCUT2D eigenvalue weighted by molar-refractivity contribution is 5.99. The van der Waals surface area contributed by atoms with Crippen molar-refractivity contribution in [2.45, 2.75) is 5.92 Å². The van der Waals surface area contributed by atoms with Crippen molar-refractivity contribution in [3.8, 4) is 11.5 Å². The maximum Gasteiger partial charge on any atom is 0.318 e. The average molecular weight is 268 g/mol. The van der Waals surface area contributed by atoms with Crippen LogP contribution in [0.1, 0.15) is 17.0 Å². The highest BCUT2D eigenvalue weighted by Gasteiger charge is 2.32. The van der Waals surface area contributed by atoms with E-state index in [0.29, 0.717) is 22.6 Å². The lowest BCUT2D eigenvalue weighted by atomic mass is 9.87. The topological polar surface area (TPSA) is 81.4 Å². The molecule has 0 fully saturated rings. The predicted octanol–water partition coefficient (Wildman–Crippen LogP) is 2.12. The smallest absolute Gasteiger partial charge is 0.318 e. The Labute approximate surface area is 115 Å². The van der Waals surface area contributed by atoms with Gasteiger partial charge in [-0.05, 0) is 12.1 Å². The molecule has 5 heteroatoms. The first-order chi connectivity index (χ1) is 9.66. The molecule has 0 radical (unpaired) electrons. The van der Waals surface area contributed by atoms with Crippen molar-refractivity contribution >= 4 is 11.9 Å². The number of amides is 3. The van der Waals surface area contributed by atoms with Crippen LogP contribution in [0.5, 0.6) is 11.5 Å². The first-order valence-corrected chi connectivity index (χ1v) is 6.13. The molecule has 3 N–H and O–H groups in total. The third-order valence-electron chi connectivity index (χ3n) is 3.19. The summed E-state index contributed by atoms with van der Waals surface area (Å²) in [5, 5.41) is 2.14. The molecule has 0 saturated heterocycles. The Hall–Kier alpha value is -2.82. The summed E-state index contributed by atoms with van der Waals surface area (Å²) in [4.78, 5) is 23.2. The summed E-state index contributed by atoms with van der Waals surface area (Å²) in [6.07, 6.45) is 0. The van der Waals surface area contributed by atoms with E-state index in [2.05, 4.69) is 5.32 Å². The van der Waals surface area contributed by atoms with E-state index in [9.17, 15) is 9.59 Å². The van der Waals surface area contributed by atoms with E-state index >= 15 is 0 Å². The minimum absolute atomic E-state index is 0.458. The molecule has 0 saturated carbocycles. The molecule has 2 aromatic carbocycles. The Kier molecular flexibility index (Phi) is 2.87. The molecule has 100 valence electrons. The zero-order valence-corrected chi connectivity index (χ0v) is 10.5. The van der Waals surface area contributed by atoms with Crippen molar-refractivity contribution in [2.75, 3.05) is 0 Å². The van der Waals surface area contributed by atoms with Gasteiger partial charge in [0.25, 0.3) is 0 Å². The Morgan fingerprint density at radius 1 is 0.950 bits per heavy atom. The van der Waals surface area contributed by atoms with E-state index in [1.165, 1.54) is 0 Å². The number of carbonyl (C=O) groups excluding carboxylic acids is 2. The number of nitrogens with one attached hydrogen (secondary N) is 1. The van der Waals surface area contributed by atoms with Crippen LogP contribution in [-0.4, -0.2) is 11.9 Å². The van der Waals surface area contributed by atoms with Crippen LogP contribution in [0, 0.1) is 0 Å². The van der Waals surface area contributed by atoms with Gasteiger partial charge in [0, 0.05) is 11.1 Å². The molecule has 0 spiro atoms. The van der Waals surface area contributed by atoms with Crippen LogP contribution in [-0.2, 0) is 4.79 Å². The Bertz CT molecular complexity index is 652. The third kappa shape index (κ3) is 1.99. The Morgan fingerprint density at radius 3 is 1.95 bits per heavy atom. The van der Waals surface area contributed by atoms with Crippen LogP contribution < -0.4 is 15.8 Å². The molecule has 0 atom stereocenters. The lowest BCUT2D eigenvalue weighted by Gasteiger charge is -2.26. The molecule has 0 aromatic heterocycles. The van der Waals surface area contributed by atoms with E-state index in [1.54, 1.807) is 24.3 Å². The fourth-order valence-electron chi connectivity index (χ4n) is 2.39. The maximum atomic E-state index is 12.3. The standard InChI is InChI=1S/C15H12N2O3/c16-15(19)17-14(18)13-9-5-1-3-7-11(9)20-12-8-4-2-6-10(12)13/h1-8,13H,(H3,16,17,18,19). The van der Waals surface area contributed by atoms with E-state index in [-0.39, 0.29) is 0 Å². The van der Waals surface area contributed by atoms with Crippen molar-refractivity contribution in [1.29, 1.82) is 0 Å². The number of ether oxygens (including phenoxy) is 1. The molecule has 1 aliphatic heterocycles. The second kappa shape index (κ2) is 4.70. The fourth-order valence-corrected chi connectivity index (χ4v) is 2.39. The maximum absolute atomic E-state index is 12.3. The molecule has 20 heavy (non-hydrogen) atoms. The van der Waals surface area contributed by atoms with Crippen molar-refractivity contribution in [3.05, 3.63) is 59.7 Å². The molecular weight excluding hydrogens is 256 g/mol. The second-order valence-electron chi connectivity index (χ2n) is 4.46. The molecule has 2 aromatic rings. The summed E-state index contributed by atoms with van der Waals surface area (Å²) in [6, 6.07) is 13.6. The Morgan fingerprint density at radius 2 is 1.45 bits per heavy atom. The van der Waals surface area contributed by atoms with Gasteiger partial charge in [0.2, 0.25) is 5.91 Å². The molecular formula is C15H12N2O3. The van der Waals surface area contributed by atoms with Gasteiger partial charge in [-0.2, -0.15) is 0 Å².